The lowest BCUT2D eigenvalue weighted by Crippen LogP contribution is -2.57. The number of piperidine rings is 1. The smallest absolute Gasteiger partial charge is 0.230 e. The second kappa shape index (κ2) is 7.35. The first-order valence-corrected chi connectivity index (χ1v) is 10.2. The molecule has 0 spiro atoms. The number of amidine groups is 1. The van der Waals surface area contributed by atoms with E-state index in [0.717, 1.165) is 47.3 Å². The summed E-state index contributed by atoms with van der Waals surface area (Å²) in [5.74, 6) is 0.430. The van der Waals surface area contributed by atoms with Crippen molar-refractivity contribution in [3.05, 3.63) is 27.3 Å². The molecule has 0 aromatic heterocycles. The van der Waals surface area contributed by atoms with Crippen LogP contribution >= 0.6 is 57.4 Å². The highest BCUT2D eigenvalue weighted by Gasteiger charge is 2.44. The lowest BCUT2D eigenvalue weighted by molar-refractivity contribution is 0.208. The van der Waals surface area contributed by atoms with E-state index < -0.39 is 9.96 Å². The van der Waals surface area contributed by atoms with Gasteiger partial charge in [-0.2, -0.15) is 0 Å². The Labute approximate surface area is 171 Å². The van der Waals surface area contributed by atoms with Crippen LogP contribution in [0.1, 0.15) is 25.3 Å². The molecule has 2 N–H and O–H groups in total. The van der Waals surface area contributed by atoms with Crippen molar-refractivity contribution in [1.82, 2.24) is 4.90 Å². The van der Waals surface area contributed by atoms with Gasteiger partial charge in [-0.15, -0.1) is 0 Å². The Balaban J connectivity index is 2.05. The third kappa shape index (κ3) is 3.75. The molecule has 0 aliphatic carbocycles. The summed E-state index contributed by atoms with van der Waals surface area (Å²) in [5.41, 5.74) is 8.10. The zero-order chi connectivity index (χ0) is 17.5. The van der Waals surface area contributed by atoms with Crippen LogP contribution in [-0.2, 0) is 0 Å². The van der Waals surface area contributed by atoms with Gasteiger partial charge in [0, 0.05) is 27.4 Å². The normalized spacial score (nSPS) is 25.4. The molecule has 3 rings (SSSR count). The summed E-state index contributed by atoms with van der Waals surface area (Å²) in [7, 11) is 0. The van der Waals surface area contributed by atoms with Crippen molar-refractivity contribution >= 4 is 68.9 Å². The fourth-order valence-electron chi connectivity index (χ4n) is 3.51. The highest BCUT2D eigenvalue weighted by Crippen LogP contribution is 2.42. The van der Waals surface area contributed by atoms with E-state index in [0.29, 0.717) is 5.84 Å². The number of nitrogens with two attached hydrogens (primary N) is 1. The standard InChI is InChI=1S/C16H20Cl3IN4/c1-2-23-7-3-4-11(9-23)24-13-6-5-10(20)8-12(13)14(21)22-15(24)16(17,18)19/h5-6,8,11,15H,2-4,7,9H2,1H3,(H2,21,22). The van der Waals surface area contributed by atoms with E-state index in [1.54, 1.807) is 0 Å². The van der Waals surface area contributed by atoms with Crippen LogP contribution in [0.3, 0.4) is 0 Å². The number of aliphatic imine (C=N–C) groups is 1. The van der Waals surface area contributed by atoms with Crippen molar-refractivity contribution in [2.45, 2.75) is 35.8 Å². The molecule has 1 aromatic carbocycles. The molecule has 2 atom stereocenters. The van der Waals surface area contributed by atoms with Gasteiger partial charge in [0.25, 0.3) is 0 Å². The number of likely N-dealkylation sites (N-methyl/N-ethyl adjacent to an activating group) is 1. The summed E-state index contributed by atoms with van der Waals surface area (Å²) in [6.07, 6.45) is 1.56. The molecule has 132 valence electrons. The molecule has 0 bridgehead atoms. The topological polar surface area (TPSA) is 44.9 Å². The summed E-state index contributed by atoms with van der Waals surface area (Å²) in [5, 5.41) is 0. The maximum atomic E-state index is 6.27. The maximum absolute atomic E-state index is 6.27. The molecule has 1 aromatic rings. The summed E-state index contributed by atoms with van der Waals surface area (Å²) in [6, 6.07) is 6.40. The molecule has 2 heterocycles. The molecule has 2 aliphatic heterocycles. The SMILES string of the molecule is CCN1CCCC(N2c3ccc(I)cc3C(N)=NC2C(Cl)(Cl)Cl)C1. The number of hydrogen-bond acceptors (Lipinski definition) is 4. The molecule has 1 saturated heterocycles. The quantitative estimate of drug-likeness (QED) is 0.492. The molecule has 0 amide bonds. The lowest BCUT2D eigenvalue weighted by Gasteiger charge is -2.47. The van der Waals surface area contributed by atoms with Gasteiger partial charge in [0.1, 0.15) is 5.84 Å². The van der Waals surface area contributed by atoms with Gasteiger partial charge in [-0.3, -0.25) is 0 Å². The van der Waals surface area contributed by atoms with Crippen LogP contribution in [0, 0.1) is 3.57 Å². The average Bonchev–Trinajstić information content (AvgIpc) is 2.54. The first-order chi connectivity index (χ1) is 11.3. The molecule has 0 radical (unpaired) electrons. The fourth-order valence-corrected chi connectivity index (χ4v) is 4.46. The molecule has 4 nitrogen and oxygen atoms in total. The van der Waals surface area contributed by atoms with E-state index in [2.05, 4.69) is 56.4 Å². The Morgan fingerprint density at radius 3 is 2.79 bits per heavy atom. The number of rotatable bonds is 2. The Morgan fingerprint density at radius 1 is 1.38 bits per heavy atom. The van der Waals surface area contributed by atoms with E-state index in [9.17, 15) is 0 Å². The summed E-state index contributed by atoms with van der Waals surface area (Å²) >= 11 is 21.1. The maximum Gasteiger partial charge on any atom is 0.230 e. The minimum atomic E-state index is -1.54. The number of alkyl halides is 3. The number of anilines is 1. The number of likely N-dealkylation sites (tertiary alicyclic amines) is 1. The highest BCUT2D eigenvalue weighted by atomic mass is 127. The largest absolute Gasteiger partial charge is 0.383 e. The monoisotopic (exact) mass is 500 g/mol. The van der Waals surface area contributed by atoms with Crippen LogP contribution in [0.5, 0.6) is 0 Å². The Hall–Kier alpha value is 0.0500. The zero-order valence-electron chi connectivity index (χ0n) is 13.4. The van der Waals surface area contributed by atoms with Crippen LogP contribution in [0.2, 0.25) is 0 Å². The molecule has 2 unspecified atom stereocenters. The van der Waals surface area contributed by atoms with Gasteiger partial charge in [-0.25, -0.2) is 4.99 Å². The van der Waals surface area contributed by atoms with Gasteiger partial charge in [0.15, 0.2) is 6.17 Å². The first kappa shape index (κ1) is 18.8. The third-order valence-corrected chi connectivity index (χ3v) is 5.91. The third-order valence-electron chi connectivity index (χ3n) is 4.65. The van der Waals surface area contributed by atoms with E-state index in [1.165, 1.54) is 0 Å². The molecule has 24 heavy (non-hydrogen) atoms. The van der Waals surface area contributed by atoms with Crippen LogP contribution in [0.15, 0.2) is 23.2 Å². The van der Waals surface area contributed by atoms with Gasteiger partial charge >= 0.3 is 0 Å². The molecule has 0 saturated carbocycles. The van der Waals surface area contributed by atoms with Crippen LogP contribution < -0.4 is 10.6 Å². The fraction of sp³-hybridized carbons (Fsp3) is 0.562. The van der Waals surface area contributed by atoms with Gasteiger partial charge in [0.2, 0.25) is 3.79 Å². The predicted molar refractivity (Wildman–Crippen MR) is 112 cm³/mol. The molecule has 8 heteroatoms. The average molecular weight is 502 g/mol. The van der Waals surface area contributed by atoms with Crippen molar-refractivity contribution in [3.8, 4) is 0 Å². The van der Waals surface area contributed by atoms with E-state index in [1.807, 2.05) is 6.07 Å². The van der Waals surface area contributed by atoms with E-state index in [-0.39, 0.29) is 6.04 Å². The lowest BCUT2D eigenvalue weighted by atomic mass is 9.99. The minimum absolute atomic E-state index is 0.245. The van der Waals surface area contributed by atoms with Crippen LogP contribution in [0.25, 0.3) is 0 Å². The second-order valence-corrected chi connectivity index (χ2v) is 9.80. The van der Waals surface area contributed by atoms with Crippen LogP contribution in [-0.4, -0.2) is 46.4 Å². The number of fused-ring (bicyclic) bond motifs is 1. The number of nitrogens with zero attached hydrogens (tertiary/aromatic N) is 3. The summed E-state index contributed by atoms with van der Waals surface area (Å²) in [4.78, 5) is 9.14. The van der Waals surface area contributed by atoms with Gasteiger partial charge in [-0.05, 0) is 66.7 Å². The van der Waals surface area contributed by atoms with Crippen LogP contribution in [0.4, 0.5) is 5.69 Å². The van der Waals surface area contributed by atoms with Crippen molar-refractivity contribution in [1.29, 1.82) is 0 Å². The number of benzene rings is 1. The van der Waals surface area contributed by atoms with Gasteiger partial charge in [0.05, 0.1) is 0 Å². The van der Waals surface area contributed by atoms with Crippen molar-refractivity contribution in [3.63, 3.8) is 0 Å². The molecular formula is C16H20Cl3IN4. The number of hydrogen-bond donors (Lipinski definition) is 1. The minimum Gasteiger partial charge on any atom is -0.383 e. The molecular weight excluding hydrogens is 481 g/mol. The van der Waals surface area contributed by atoms with Crippen molar-refractivity contribution in [2.75, 3.05) is 24.5 Å². The number of halogens is 4. The van der Waals surface area contributed by atoms with Crippen molar-refractivity contribution < 1.29 is 0 Å². The Morgan fingerprint density at radius 2 is 2.12 bits per heavy atom. The molecule has 2 aliphatic rings. The molecule has 1 fully saturated rings. The van der Waals surface area contributed by atoms with Gasteiger partial charge in [-0.1, -0.05) is 41.7 Å². The van der Waals surface area contributed by atoms with E-state index >= 15 is 0 Å². The predicted octanol–water partition coefficient (Wildman–Crippen LogP) is 4.00. The Kier molecular flexibility index (Phi) is 5.77. The Bertz CT molecular complexity index is 647. The highest BCUT2D eigenvalue weighted by molar-refractivity contribution is 14.1. The summed E-state index contributed by atoms with van der Waals surface area (Å²) in [6.45, 7) is 5.25. The summed E-state index contributed by atoms with van der Waals surface area (Å²) < 4.78 is -0.435. The van der Waals surface area contributed by atoms with Crippen molar-refractivity contribution in [2.24, 2.45) is 10.7 Å². The zero-order valence-corrected chi connectivity index (χ0v) is 17.8. The second-order valence-electron chi connectivity index (χ2n) is 6.19. The van der Waals surface area contributed by atoms with Gasteiger partial charge < -0.3 is 15.5 Å². The first-order valence-electron chi connectivity index (χ1n) is 8.02. The van der Waals surface area contributed by atoms with E-state index in [4.69, 9.17) is 40.5 Å².